The van der Waals surface area contributed by atoms with Crippen LogP contribution >= 0.6 is 11.8 Å². The summed E-state index contributed by atoms with van der Waals surface area (Å²) in [5.41, 5.74) is 2.33. The molecule has 0 heterocycles. The summed E-state index contributed by atoms with van der Waals surface area (Å²) in [6.45, 7) is 5.65. The maximum absolute atomic E-state index is 12.2. The minimum Gasteiger partial charge on any atom is -0.312 e. The molecule has 2 rings (SSSR count). The van der Waals surface area contributed by atoms with Gasteiger partial charge in [0.15, 0.2) is 5.78 Å². The molecule has 0 unspecified atom stereocenters. The van der Waals surface area contributed by atoms with Gasteiger partial charge in [0, 0.05) is 10.5 Å². The quantitative estimate of drug-likeness (QED) is 0.362. The van der Waals surface area contributed by atoms with Crippen molar-refractivity contribution < 1.29 is 14.4 Å². The molecule has 0 bridgehead atoms. The average molecular weight is 329 g/mol. The third-order valence-electron chi connectivity index (χ3n) is 3.50. The van der Waals surface area contributed by atoms with Gasteiger partial charge >= 0.3 is 5.97 Å². The minimum atomic E-state index is -0.508. The van der Waals surface area contributed by atoms with E-state index in [1.54, 1.807) is 25.1 Å². The van der Waals surface area contributed by atoms with Crippen molar-refractivity contribution in [3.05, 3.63) is 53.1 Å². The molecule has 5 heteroatoms. The molecule has 0 saturated carbocycles. The van der Waals surface area contributed by atoms with Gasteiger partial charge in [-0.05, 0) is 49.0 Å². The Hall–Kier alpha value is -2.14. The molecular formula is C18H19NO3S. The van der Waals surface area contributed by atoms with Crippen molar-refractivity contribution in [2.75, 3.05) is 6.26 Å². The molecule has 0 N–H and O–H groups in total. The lowest BCUT2D eigenvalue weighted by Crippen LogP contribution is -2.16. The molecule has 0 fully saturated rings. The molecule has 1 aliphatic carbocycles. The van der Waals surface area contributed by atoms with E-state index in [1.807, 2.05) is 32.2 Å². The van der Waals surface area contributed by atoms with E-state index < -0.39 is 5.97 Å². The van der Waals surface area contributed by atoms with Crippen LogP contribution in [0, 0.1) is 5.92 Å². The molecule has 4 nitrogen and oxygen atoms in total. The molecule has 0 aromatic heterocycles. The summed E-state index contributed by atoms with van der Waals surface area (Å²) in [5, 5.41) is 3.94. The van der Waals surface area contributed by atoms with E-state index in [-0.39, 0.29) is 11.7 Å². The van der Waals surface area contributed by atoms with Crippen molar-refractivity contribution in [1.29, 1.82) is 0 Å². The first-order valence-corrected chi connectivity index (χ1v) is 8.53. The largest absolute Gasteiger partial charge is 0.366 e. The van der Waals surface area contributed by atoms with Crippen LogP contribution in [0.3, 0.4) is 0 Å². The first kappa shape index (κ1) is 17.2. The van der Waals surface area contributed by atoms with Gasteiger partial charge in [0.2, 0.25) is 0 Å². The number of hydrogen-bond donors (Lipinski definition) is 0. The van der Waals surface area contributed by atoms with Crippen molar-refractivity contribution in [2.24, 2.45) is 11.1 Å². The van der Waals surface area contributed by atoms with E-state index in [4.69, 9.17) is 4.84 Å². The summed E-state index contributed by atoms with van der Waals surface area (Å²) in [5.74, 6) is -0.438. The average Bonchev–Trinajstić information content (AvgIpc) is 2.53. The van der Waals surface area contributed by atoms with Crippen LogP contribution in [0.25, 0.3) is 0 Å². The summed E-state index contributed by atoms with van der Waals surface area (Å²) < 4.78 is 0. The van der Waals surface area contributed by atoms with Crippen molar-refractivity contribution >= 4 is 29.2 Å². The fourth-order valence-electron chi connectivity index (χ4n) is 2.19. The summed E-state index contributed by atoms with van der Waals surface area (Å²) in [4.78, 5) is 30.0. The van der Waals surface area contributed by atoms with Crippen molar-refractivity contribution in [1.82, 2.24) is 0 Å². The highest BCUT2D eigenvalue weighted by atomic mass is 32.2. The molecule has 1 aromatic carbocycles. The van der Waals surface area contributed by atoms with E-state index in [2.05, 4.69) is 5.16 Å². The van der Waals surface area contributed by atoms with Crippen molar-refractivity contribution in [3.8, 4) is 0 Å². The molecule has 0 spiro atoms. The Morgan fingerprint density at radius 3 is 2.57 bits per heavy atom. The van der Waals surface area contributed by atoms with Gasteiger partial charge in [0.1, 0.15) is 5.71 Å². The zero-order chi connectivity index (χ0) is 17.0. The number of oxime groups is 1. The van der Waals surface area contributed by atoms with Gasteiger partial charge in [-0.1, -0.05) is 31.1 Å². The second-order valence-corrected chi connectivity index (χ2v) is 6.35. The summed E-state index contributed by atoms with van der Waals surface area (Å²) >= 11 is 1.47. The fourth-order valence-corrected chi connectivity index (χ4v) is 2.77. The third-order valence-corrected chi connectivity index (χ3v) is 4.30. The number of thioether (sulfide) groups is 1. The van der Waals surface area contributed by atoms with Crippen LogP contribution in [0.15, 0.2) is 57.6 Å². The minimum absolute atomic E-state index is 0.0181. The number of rotatable bonds is 4. The van der Waals surface area contributed by atoms with Crippen molar-refractivity contribution in [2.45, 2.75) is 25.7 Å². The number of benzene rings is 1. The molecule has 0 radical (unpaired) electrons. The lowest BCUT2D eigenvalue weighted by molar-refractivity contribution is -0.111. The molecule has 0 atom stereocenters. The second-order valence-electron chi connectivity index (χ2n) is 5.50. The van der Waals surface area contributed by atoms with Gasteiger partial charge in [-0.15, -0.1) is 11.8 Å². The van der Waals surface area contributed by atoms with Gasteiger partial charge in [-0.2, -0.15) is 0 Å². The van der Waals surface area contributed by atoms with E-state index >= 15 is 0 Å². The summed E-state index contributed by atoms with van der Waals surface area (Å²) in [7, 11) is 0. The molecule has 120 valence electrons. The zero-order valence-corrected chi connectivity index (χ0v) is 14.4. The highest BCUT2D eigenvalue weighted by molar-refractivity contribution is 7.98. The maximum Gasteiger partial charge on any atom is 0.366 e. The Morgan fingerprint density at radius 2 is 1.91 bits per heavy atom. The predicted molar refractivity (Wildman–Crippen MR) is 92.8 cm³/mol. The number of hydrogen-bond acceptors (Lipinski definition) is 5. The topological polar surface area (TPSA) is 55.7 Å². The van der Waals surface area contributed by atoms with E-state index in [0.717, 1.165) is 4.90 Å². The maximum atomic E-state index is 12.2. The number of carbonyl (C=O) groups excluding carboxylic acids is 2. The Morgan fingerprint density at radius 1 is 1.22 bits per heavy atom. The number of ketones is 1. The second kappa shape index (κ2) is 7.42. The summed E-state index contributed by atoms with van der Waals surface area (Å²) in [6.07, 6.45) is 5.11. The van der Waals surface area contributed by atoms with Crippen LogP contribution in [0.5, 0.6) is 0 Å². The highest BCUT2D eigenvalue weighted by Crippen LogP contribution is 2.22. The van der Waals surface area contributed by atoms with Gasteiger partial charge in [-0.3, -0.25) is 4.79 Å². The van der Waals surface area contributed by atoms with Crippen LogP contribution < -0.4 is 0 Å². The molecule has 0 amide bonds. The third kappa shape index (κ3) is 3.99. The molecule has 1 aromatic rings. The lowest BCUT2D eigenvalue weighted by atomic mass is 9.90. The number of allylic oxidation sites excluding steroid dienone is 4. The highest BCUT2D eigenvalue weighted by Gasteiger charge is 2.20. The molecule has 0 aliphatic heterocycles. The number of nitrogens with zero attached hydrogens (tertiary/aromatic N) is 1. The van der Waals surface area contributed by atoms with E-state index in [9.17, 15) is 9.59 Å². The van der Waals surface area contributed by atoms with Crippen molar-refractivity contribution in [3.63, 3.8) is 0 Å². The standard InChI is InChI=1S/C18H19NO3S/c1-11(2)14-10-15(12(3)9-16(14)20)19-22-18(21)13-7-5-6-8-17(13)23-4/h5-11H,1-4H3/b19-15+. The number of carbonyl (C=O) groups is 2. The normalized spacial score (nSPS) is 16.4. The van der Waals surface area contributed by atoms with Gasteiger partial charge in [-0.25, -0.2) is 4.79 Å². The van der Waals surface area contributed by atoms with E-state index in [0.29, 0.717) is 22.4 Å². The van der Waals surface area contributed by atoms with Crippen LogP contribution in [0.4, 0.5) is 0 Å². The van der Waals surface area contributed by atoms with Gasteiger partial charge in [0.25, 0.3) is 0 Å². The Bertz CT molecular complexity index is 730. The zero-order valence-electron chi connectivity index (χ0n) is 13.6. The summed E-state index contributed by atoms with van der Waals surface area (Å²) in [6, 6.07) is 7.21. The Labute approximate surface area is 140 Å². The molecule has 0 saturated heterocycles. The van der Waals surface area contributed by atoms with E-state index in [1.165, 1.54) is 17.8 Å². The molecule has 1 aliphatic rings. The fraction of sp³-hybridized carbons (Fsp3) is 0.278. The first-order valence-electron chi connectivity index (χ1n) is 7.31. The first-order chi connectivity index (χ1) is 10.9. The van der Waals surface area contributed by atoms with Crippen LogP contribution in [-0.4, -0.2) is 23.7 Å². The molecular weight excluding hydrogens is 310 g/mol. The van der Waals surface area contributed by atoms with Crippen LogP contribution in [0.1, 0.15) is 31.1 Å². The predicted octanol–water partition coefficient (Wildman–Crippen LogP) is 4.03. The van der Waals surface area contributed by atoms with Gasteiger partial charge in [0.05, 0.1) is 5.56 Å². The van der Waals surface area contributed by atoms with Crippen LogP contribution in [-0.2, 0) is 9.63 Å². The van der Waals surface area contributed by atoms with Crippen LogP contribution in [0.2, 0.25) is 0 Å². The monoisotopic (exact) mass is 329 g/mol. The Balaban J connectivity index is 2.23. The molecule has 23 heavy (non-hydrogen) atoms. The lowest BCUT2D eigenvalue weighted by Gasteiger charge is -2.14. The Kier molecular flexibility index (Phi) is 5.55. The smallest absolute Gasteiger partial charge is 0.312 e. The SMILES string of the molecule is CSc1ccccc1C(=O)O/N=C1\C=C(C(C)C)C(=O)C=C1C. The van der Waals surface area contributed by atoms with Gasteiger partial charge < -0.3 is 4.84 Å².